The number of aryl methyl sites for hydroxylation is 1. The van der Waals surface area contributed by atoms with Crippen molar-refractivity contribution in [1.82, 2.24) is 9.71 Å². The van der Waals surface area contributed by atoms with E-state index in [-0.39, 0.29) is 23.0 Å². The highest BCUT2D eigenvalue weighted by Gasteiger charge is 2.12. The number of carbonyl (C=O) groups is 1. The van der Waals surface area contributed by atoms with Gasteiger partial charge in [0.2, 0.25) is 15.9 Å². The zero-order valence-corrected chi connectivity index (χ0v) is 16.6. The van der Waals surface area contributed by atoms with Gasteiger partial charge < -0.3 is 5.32 Å². The minimum absolute atomic E-state index is 0.177. The third-order valence-corrected chi connectivity index (χ3v) is 6.20. The number of nitrogens with one attached hydrogen (secondary N) is 2. The molecule has 0 aliphatic carbocycles. The average molecular weight is 420 g/mol. The highest BCUT2D eigenvalue weighted by Crippen LogP contribution is 2.25. The van der Waals surface area contributed by atoms with Crippen LogP contribution in [0.4, 0.5) is 9.52 Å². The summed E-state index contributed by atoms with van der Waals surface area (Å²) in [7, 11) is -2.12. The lowest BCUT2D eigenvalue weighted by atomic mass is 10.1. The number of amides is 1. The number of nitrogens with zero attached hydrogens (tertiary/aromatic N) is 1. The van der Waals surface area contributed by atoms with Gasteiger partial charge in [0.15, 0.2) is 5.13 Å². The number of anilines is 1. The summed E-state index contributed by atoms with van der Waals surface area (Å²) in [6.07, 6.45) is 0.695. The van der Waals surface area contributed by atoms with Crippen LogP contribution in [0.3, 0.4) is 0 Å². The van der Waals surface area contributed by atoms with Crippen LogP contribution in [0.5, 0.6) is 0 Å². The molecule has 0 saturated carbocycles. The number of halogens is 1. The molecule has 0 bridgehead atoms. The number of sulfonamides is 1. The van der Waals surface area contributed by atoms with Crippen LogP contribution < -0.4 is 10.0 Å². The maximum absolute atomic E-state index is 13.3. The lowest BCUT2D eigenvalue weighted by molar-refractivity contribution is -0.116. The van der Waals surface area contributed by atoms with Crippen LogP contribution in [0, 0.1) is 5.82 Å². The molecule has 0 atom stereocenters. The van der Waals surface area contributed by atoms with Crippen LogP contribution in [-0.4, -0.2) is 26.4 Å². The molecule has 0 unspecified atom stereocenters. The van der Waals surface area contributed by atoms with Gasteiger partial charge in [-0.3, -0.25) is 4.79 Å². The highest BCUT2D eigenvalue weighted by molar-refractivity contribution is 7.89. The van der Waals surface area contributed by atoms with Gasteiger partial charge in [0.1, 0.15) is 5.82 Å². The summed E-state index contributed by atoms with van der Waals surface area (Å²) >= 11 is 1.27. The average Bonchev–Trinajstić information content (AvgIpc) is 3.15. The number of thiazole rings is 1. The van der Waals surface area contributed by atoms with Gasteiger partial charge in [-0.25, -0.2) is 22.5 Å². The van der Waals surface area contributed by atoms with Gasteiger partial charge in [-0.1, -0.05) is 24.3 Å². The van der Waals surface area contributed by atoms with E-state index in [2.05, 4.69) is 15.0 Å². The Morgan fingerprint density at radius 1 is 1.18 bits per heavy atom. The Kier molecular flexibility index (Phi) is 6.18. The quantitative estimate of drug-likeness (QED) is 0.614. The van der Waals surface area contributed by atoms with Gasteiger partial charge in [0.05, 0.1) is 10.6 Å². The summed E-state index contributed by atoms with van der Waals surface area (Å²) in [6.45, 7) is 0. The van der Waals surface area contributed by atoms with Gasteiger partial charge in [-0.2, -0.15) is 0 Å². The Bertz CT molecular complexity index is 1080. The smallest absolute Gasteiger partial charge is 0.240 e. The van der Waals surface area contributed by atoms with E-state index in [1.807, 2.05) is 0 Å². The first-order valence-corrected chi connectivity index (χ1v) is 10.8. The highest BCUT2D eigenvalue weighted by atomic mass is 32.2. The van der Waals surface area contributed by atoms with E-state index in [9.17, 15) is 17.6 Å². The normalized spacial score (nSPS) is 11.4. The number of aromatic nitrogens is 1. The minimum Gasteiger partial charge on any atom is -0.302 e. The first kappa shape index (κ1) is 20.1. The lowest BCUT2D eigenvalue weighted by Gasteiger charge is -2.05. The monoisotopic (exact) mass is 419 g/mol. The molecule has 146 valence electrons. The van der Waals surface area contributed by atoms with E-state index < -0.39 is 10.0 Å². The second-order valence-electron chi connectivity index (χ2n) is 5.95. The zero-order chi connectivity index (χ0) is 20.1. The molecule has 0 saturated heterocycles. The molecule has 2 aromatic carbocycles. The maximum atomic E-state index is 13.3. The molecule has 6 nitrogen and oxygen atoms in total. The van der Waals surface area contributed by atoms with Crippen molar-refractivity contribution in [3.05, 3.63) is 65.3 Å². The van der Waals surface area contributed by atoms with E-state index in [0.29, 0.717) is 22.8 Å². The fourth-order valence-electron chi connectivity index (χ4n) is 2.50. The van der Waals surface area contributed by atoms with E-state index in [4.69, 9.17) is 0 Å². The van der Waals surface area contributed by atoms with Crippen molar-refractivity contribution in [1.29, 1.82) is 0 Å². The first-order chi connectivity index (χ1) is 13.4. The molecule has 0 spiro atoms. The SMILES string of the molecule is CNS(=O)(=O)c1ccc(CCC(=O)Nc2nc(-c3cccc(F)c3)cs2)cc1. The summed E-state index contributed by atoms with van der Waals surface area (Å²) in [5, 5.41) is 4.93. The molecule has 1 heterocycles. The molecule has 28 heavy (non-hydrogen) atoms. The Hall–Kier alpha value is -2.62. The van der Waals surface area contributed by atoms with Crippen molar-refractivity contribution in [2.45, 2.75) is 17.7 Å². The Labute approximate surface area is 166 Å². The summed E-state index contributed by atoms with van der Waals surface area (Å²) in [6, 6.07) is 12.5. The molecule has 1 aromatic heterocycles. The standard InChI is InChI=1S/C19H18FN3O3S2/c1-21-28(25,26)16-8-5-13(6-9-16)7-10-18(24)23-19-22-17(12-27-19)14-3-2-4-15(20)11-14/h2-6,8-9,11-12,21H,7,10H2,1H3,(H,22,23,24). The Balaban J connectivity index is 1.56. The molecule has 0 fully saturated rings. The molecule has 3 aromatic rings. The van der Waals surface area contributed by atoms with Crippen molar-refractivity contribution < 1.29 is 17.6 Å². The number of carbonyl (C=O) groups excluding carboxylic acids is 1. The summed E-state index contributed by atoms with van der Waals surface area (Å²) in [4.78, 5) is 16.6. The fraction of sp³-hybridized carbons (Fsp3) is 0.158. The Morgan fingerprint density at radius 3 is 2.61 bits per heavy atom. The van der Waals surface area contributed by atoms with E-state index in [1.54, 1.807) is 29.6 Å². The van der Waals surface area contributed by atoms with Crippen molar-refractivity contribution in [3.63, 3.8) is 0 Å². The largest absolute Gasteiger partial charge is 0.302 e. The number of hydrogen-bond donors (Lipinski definition) is 2. The van der Waals surface area contributed by atoms with Crippen molar-refractivity contribution in [2.75, 3.05) is 12.4 Å². The van der Waals surface area contributed by atoms with Crippen molar-refractivity contribution in [3.8, 4) is 11.3 Å². The van der Waals surface area contributed by atoms with Gasteiger partial charge >= 0.3 is 0 Å². The summed E-state index contributed by atoms with van der Waals surface area (Å²) in [5.74, 6) is -0.545. The lowest BCUT2D eigenvalue weighted by Crippen LogP contribution is -2.18. The third kappa shape index (κ3) is 5.00. The maximum Gasteiger partial charge on any atom is 0.240 e. The summed E-state index contributed by atoms with van der Waals surface area (Å²) in [5.41, 5.74) is 2.10. The predicted molar refractivity (Wildman–Crippen MR) is 107 cm³/mol. The van der Waals surface area contributed by atoms with E-state index >= 15 is 0 Å². The first-order valence-electron chi connectivity index (χ1n) is 8.41. The van der Waals surface area contributed by atoms with Crippen molar-refractivity contribution in [2.24, 2.45) is 0 Å². The molecule has 0 aliphatic rings. The number of hydrogen-bond acceptors (Lipinski definition) is 5. The molecule has 0 aliphatic heterocycles. The Morgan fingerprint density at radius 2 is 1.93 bits per heavy atom. The van der Waals surface area contributed by atoms with Crippen LogP contribution in [0.15, 0.2) is 58.8 Å². The fourth-order valence-corrected chi connectivity index (χ4v) is 3.97. The van der Waals surface area contributed by atoms with Crippen LogP contribution in [0.2, 0.25) is 0 Å². The van der Waals surface area contributed by atoms with Crippen LogP contribution in [0.1, 0.15) is 12.0 Å². The van der Waals surface area contributed by atoms with Gasteiger partial charge in [-0.15, -0.1) is 11.3 Å². The zero-order valence-electron chi connectivity index (χ0n) is 15.0. The van der Waals surface area contributed by atoms with Crippen LogP contribution in [-0.2, 0) is 21.2 Å². The van der Waals surface area contributed by atoms with Crippen molar-refractivity contribution >= 4 is 32.4 Å². The molecule has 0 radical (unpaired) electrons. The third-order valence-electron chi connectivity index (χ3n) is 4.01. The molecule has 1 amide bonds. The second kappa shape index (κ2) is 8.59. The predicted octanol–water partition coefficient (Wildman–Crippen LogP) is 3.43. The van der Waals surface area contributed by atoms with Gasteiger partial charge in [-0.05, 0) is 43.3 Å². The number of rotatable bonds is 7. The van der Waals surface area contributed by atoms with E-state index in [1.165, 1.54) is 42.6 Å². The van der Waals surface area contributed by atoms with Crippen LogP contribution in [0.25, 0.3) is 11.3 Å². The van der Waals surface area contributed by atoms with Gasteiger partial charge in [0.25, 0.3) is 0 Å². The van der Waals surface area contributed by atoms with Gasteiger partial charge in [0, 0.05) is 17.4 Å². The minimum atomic E-state index is -3.47. The van der Waals surface area contributed by atoms with Crippen LogP contribution >= 0.6 is 11.3 Å². The molecule has 2 N–H and O–H groups in total. The molecular weight excluding hydrogens is 401 g/mol. The second-order valence-corrected chi connectivity index (χ2v) is 8.69. The van der Waals surface area contributed by atoms with E-state index in [0.717, 1.165) is 5.56 Å². The molecule has 9 heteroatoms. The topological polar surface area (TPSA) is 88.2 Å². The summed E-state index contributed by atoms with van der Waals surface area (Å²) < 4.78 is 39.0. The number of benzene rings is 2. The molecule has 3 rings (SSSR count). The molecular formula is C19H18FN3O3S2.